The van der Waals surface area contributed by atoms with Crippen LogP contribution in [0.5, 0.6) is 5.88 Å². The first-order chi connectivity index (χ1) is 10.7. The monoisotopic (exact) mass is 355 g/mol. The summed E-state index contributed by atoms with van der Waals surface area (Å²) in [7, 11) is -1.42. The highest BCUT2D eigenvalue weighted by atomic mass is 35.5. The van der Waals surface area contributed by atoms with Crippen molar-refractivity contribution in [2.45, 2.75) is 44.8 Å². The van der Waals surface area contributed by atoms with Gasteiger partial charge in [-0.2, -0.15) is 0 Å². The quantitative estimate of drug-likeness (QED) is 0.859. The van der Waals surface area contributed by atoms with Gasteiger partial charge in [0.25, 0.3) is 0 Å². The van der Waals surface area contributed by atoms with Gasteiger partial charge < -0.3 is 4.74 Å². The first-order valence-corrected chi connectivity index (χ1v) is 9.10. The fourth-order valence-electron chi connectivity index (χ4n) is 2.51. The molecule has 0 spiro atoms. The van der Waals surface area contributed by atoms with E-state index >= 15 is 0 Å². The number of aromatic nitrogens is 2. The summed E-state index contributed by atoms with van der Waals surface area (Å²) in [5.74, 6) is 0.503. The van der Waals surface area contributed by atoms with Gasteiger partial charge in [-0.15, -0.1) is 0 Å². The van der Waals surface area contributed by atoms with Crippen LogP contribution in [-0.2, 0) is 11.0 Å². The molecule has 0 radical (unpaired) electrons. The van der Waals surface area contributed by atoms with Crippen LogP contribution in [0.4, 0.5) is 0 Å². The maximum absolute atomic E-state index is 11.7. The molecule has 1 aromatic carbocycles. The lowest BCUT2D eigenvalue weighted by Crippen LogP contribution is -2.33. The van der Waals surface area contributed by atoms with Crippen molar-refractivity contribution in [1.82, 2.24) is 9.97 Å². The molecule has 7 heteroatoms. The summed E-state index contributed by atoms with van der Waals surface area (Å²) in [4.78, 5) is 9.24. The Morgan fingerprint density at radius 2 is 2.04 bits per heavy atom. The second kappa shape index (κ2) is 7.11. The number of halogens is 1. The van der Waals surface area contributed by atoms with Crippen molar-refractivity contribution >= 4 is 33.6 Å². The van der Waals surface area contributed by atoms with Crippen molar-refractivity contribution in [3.63, 3.8) is 0 Å². The lowest BCUT2D eigenvalue weighted by molar-refractivity contribution is 0.318. The molecule has 0 aliphatic heterocycles. The van der Waals surface area contributed by atoms with Crippen molar-refractivity contribution < 1.29 is 8.95 Å². The smallest absolute Gasteiger partial charge is 0.236 e. The van der Waals surface area contributed by atoms with E-state index in [-0.39, 0.29) is 5.92 Å². The van der Waals surface area contributed by atoms with Crippen LogP contribution >= 0.6 is 11.6 Å². The van der Waals surface area contributed by atoms with Gasteiger partial charge in [-0.1, -0.05) is 18.5 Å². The van der Waals surface area contributed by atoms with Crippen LogP contribution in [0.1, 0.15) is 45.7 Å². The molecule has 126 valence electrons. The van der Waals surface area contributed by atoms with Crippen LogP contribution in [0, 0.1) is 0 Å². The summed E-state index contributed by atoms with van der Waals surface area (Å²) in [5, 5.41) is 6.20. The van der Waals surface area contributed by atoms with Crippen LogP contribution in [0.2, 0.25) is 5.02 Å². The van der Waals surface area contributed by atoms with E-state index in [1.807, 2.05) is 33.8 Å². The van der Waals surface area contributed by atoms with Gasteiger partial charge in [-0.25, -0.2) is 14.2 Å². The summed E-state index contributed by atoms with van der Waals surface area (Å²) in [6.45, 7) is 8.18. The fourth-order valence-corrected chi connectivity index (χ4v) is 3.09. The van der Waals surface area contributed by atoms with Crippen LogP contribution in [0.15, 0.2) is 18.2 Å². The van der Waals surface area contributed by atoms with Gasteiger partial charge >= 0.3 is 0 Å². The van der Waals surface area contributed by atoms with Gasteiger partial charge in [-0.3, -0.25) is 5.14 Å². The van der Waals surface area contributed by atoms with Crippen LogP contribution in [0.3, 0.4) is 0 Å². The number of nitrogens with two attached hydrogens (primary N) is 1. The molecule has 23 heavy (non-hydrogen) atoms. The summed E-state index contributed by atoms with van der Waals surface area (Å²) in [6, 6.07) is 5.38. The Labute approximate surface area is 144 Å². The molecule has 1 aromatic heterocycles. The number of fused-ring (bicyclic) bond motifs is 1. The predicted octanol–water partition coefficient (Wildman–Crippen LogP) is 3.58. The maximum Gasteiger partial charge on any atom is 0.236 e. The van der Waals surface area contributed by atoms with Crippen LogP contribution < -0.4 is 9.88 Å². The summed E-state index contributed by atoms with van der Waals surface area (Å²) < 4.78 is 16.8. The average Bonchev–Trinajstić information content (AvgIpc) is 2.46. The zero-order valence-electron chi connectivity index (χ0n) is 13.8. The molecular formula is C16H22ClN3O2S. The predicted molar refractivity (Wildman–Crippen MR) is 95.2 cm³/mol. The van der Waals surface area contributed by atoms with Crippen molar-refractivity contribution in [1.29, 1.82) is 0 Å². The van der Waals surface area contributed by atoms with E-state index in [2.05, 4.69) is 9.97 Å². The van der Waals surface area contributed by atoms with Crippen molar-refractivity contribution in [2.24, 2.45) is 5.14 Å². The molecular weight excluding hydrogens is 334 g/mol. The largest absolute Gasteiger partial charge is 0.477 e. The lowest BCUT2D eigenvalue weighted by Gasteiger charge is -2.25. The third kappa shape index (κ3) is 4.19. The van der Waals surface area contributed by atoms with E-state index in [1.165, 1.54) is 0 Å². The van der Waals surface area contributed by atoms with E-state index in [0.29, 0.717) is 23.9 Å². The standard InChI is InChI=1S/C16H22ClN3O2S/c1-5-22-15-14(10(2)9-16(3,4)23(18)21)19-13-8-11(17)6-7-12(13)20-15/h6-8,10H,5,9,18H2,1-4H3/t10-,23?/m0/s1. The van der Waals surface area contributed by atoms with Crippen molar-refractivity contribution in [3.8, 4) is 5.88 Å². The summed E-state index contributed by atoms with van der Waals surface area (Å²) >= 11 is 6.04. The number of hydrogen-bond acceptors (Lipinski definition) is 4. The normalized spacial score (nSPS) is 14.7. The van der Waals surface area contributed by atoms with E-state index in [1.54, 1.807) is 12.1 Å². The minimum absolute atomic E-state index is 0.00469. The van der Waals surface area contributed by atoms with Gasteiger partial charge in [0.1, 0.15) is 5.69 Å². The van der Waals surface area contributed by atoms with Gasteiger partial charge in [-0.05, 0) is 45.4 Å². The van der Waals surface area contributed by atoms with Crippen LogP contribution in [-0.4, -0.2) is 25.5 Å². The number of benzene rings is 1. The summed E-state index contributed by atoms with van der Waals surface area (Å²) in [5.41, 5.74) is 2.19. The second-order valence-corrected chi connectivity index (χ2v) is 8.28. The Bertz CT molecular complexity index is 737. The Morgan fingerprint density at radius 1 is 1.35 bits per heavy atom. The molecule has 2 atom stereocenters. The molecule has 5 nitrogen and oxygen atoms in total. The minimum atomic E-state index is -1.42. The molecule has 0 saturated carbocycles. The van der Waals surface area contributed by atoms with E-state index in [9.17, 15) is 4.21 Å². The Balaban J connectivity index is 2.47. The highest BCUT2D eigenvalue weighted by molar-refractivity contribution is 7.84. The molecule has 0 aliphatic carbocycles. The second-order valence-electron chi connectivity index (χ2n) is 6.14. The number of nitrogens with zero attached hydrogens (tertiary/aromatic N) is 2. The third-order valence-electron chi connectivity index (χ3n) is 3.71. The van der Waals surface area contributed by atoms with Crippen molar-refractivity contribution in [2.75, 3.05) is 6.61 Å². The number of rotatable bonds is 6. The van der Waals surface area contributed by atoms with Gasteiger partial charge in [0.05, 0.1) is 33.4 Å². The Kier molecular flexibility index (Phi) is 5.60. The molecule has 0 amide bonds. The molecule has 1 heterocycles. The highest BCUT2D eigenvalue weighted by Crippen LogP contribution is 2.33. The highest BCUT2D eigenvalue weighted by Gasteiger charge is 2.29. The zero-order chi connectivity index (χ0) is 17.2. The van der Waals surface area contributed by atoms with E-state index in [4.69, 9.17) is 21.5 Å². The molecule has 0 aliphatic rings. The topological polar surface area (TPSA) is 78.1 Å². The SMILES string of the molecule is CCOc1nc2ccc(Cl)cc2nc1[C@@H](C)CC(C)(C)S(N)=O. The molecule has 2 rings (SSSR count). The number of hydrogen-bond donors (Lipinski definition) is 1. The van der Waals surface area contributed by atoms with E-state index in [0.717, 1.165) is 16.7 Å². The van der Waals surface area contributed by atoms with Crippen LogP contribution in [0.25, 0.3) is 11.0 Å². The summed E-state index contributed by atoms with van der Waals surface area (Å²) in [6.07, 6.45) is 0.608. The maximum atomic E-state index is 11.7. The van der Waals surface area contributed by atoms with Crippen molar-refractivity contribution in [3.05, 3.63) is 28.9 Å². The Morgan fingerprint density at radius 3 is 2.65 bits per heavy atom. The fraction of sp³-hybridized carbons (Fsp3) is 0.500. The van der Waals surface area contributed by atoms with Gasteiger partial charge in [0.15, 0.2) is 0 Å². The van der Waals surface area contributed by atoms with Gasteiger partial charge in [0, 0.05) is 10.9 Å². The molecule has 0 saturated heterocycles. The number of ether oxygens (including phenoxy) is 1. The molecule has 2 N–H and O–H groups in total. The van der Waals surface area contributed by atoms with E-state index < -0.39 is 15.7 Å². The molecule has 1 unspecified atom stereocenters. The lowest BCUT2D eigenvalue weighted by atomic mass is 9.95. The average molecular weight is 356 g/mol. The molecule has 0 bridgehead atoms. The van der Waals surface area contributed by atoms with Gasteiger partial charge in [0.2, 0.25) is 5.88 Å². The molecule has 0 fully saturated rings. The minimum Gasteiger partial charge on any atom is -0.477 e. The third-order valence-corrected chi connectivity index (χ3v) is 5.20. The zero-order valence-corrected chi connectivity index (χ0v) is 15.4. The molecule has 2 aromatic rings. The first kappa shape index (κ1) is 18.1. The first-order valence-electron chi connectivity index (χ1n) is 7.51. The Hall–Kier alpha value is -1.24.